The van der Waals surface area contributed by atoms with Crippen LogP contribution in [-0.2, 0) is 28.5 Å². The zero-order valence-corrected chi connectivity index (χ0v) is 26.4. The Bertz CT molecular complexity index is 946. The molecule has 0 aromatic heterocycles. The van der Waals surface area contributed by atoms with Gasteiger partial charge in [-0.2, -0.15) is 0 Å². The lowest BCUT2D eigenvalue weighted by molar-refractivity contribution is -0.266. The number of amides is 1. The van der Waals surface area contributed by atoms with E-state index in [1.165, 1.54) is 6.42 Å². The normalized spacial score (nSPS) is 44.3. The third kappa shape index (κ3) is 5.49. The van der Waals surface area contributed by atoms with E-state index in [9.17, 15) is 9.59 Å². The summed E-state index contributed by atoms with van der Waals surface area (Å²) in [6.07, 6.45) is 12.6. The van der Waals surface area contributed by atoms with E-state index in [-0.39, 0.29) is 24.6 Å². The molecule has 0 spiro atoms. The van der Waals surface area contributed by atoms with Crippen LogP contribution in [0.25, 0.3) is 0 Å². The average molecular weight is 578 g/mol. The number of carbonyl (C=O) groups excluding carboxylic acids is 2. The van der Waals surface area contributed by atoms with E-state index in [0.717, 1.165) is 77.1 Å². The molecule has 0 bridgehead atoms. The molecule has 9 atom stereocenters. The number of rotatable bonds is 8. The molecule has 8 heteroatoms. The van der Waals surface area contributed by atoms with Crippen LogP contribution >= 0.6 is 0 Å². The highest BCUT2D eigenvalue weighted by Crippen LogP contribution is 2.70. The first-order valence-electron chi connectivity index (χ1n) is 16.4. The number of nitrogens with one attached hydrogen (secondary N) is 1. The zero-order valence-electron chi connectivity index (χ0n) is 26.4. The van der Waals surface area contributed by atoms with Crippen LogP contribution < -0.4 is 5.32 Å². The van der Waals surface area contributed by atoms with Gasteiger partial charge in [0.2, 0.25) is 0 Å². The predicted molar refractivity (Wildman–Crippen MR) is 155 cm³/mol. The van der Waals surface area contributed by atoms with E-state index in [1.807, 2.05) is 27.7 Å². The molecule has 4 saturated carbocycles. The van der Waals surface area contributed by atoms with Crippen LogP contribution in [0.2, 0.25) is 0 Å². The van der Waals surface area contributed by atoms with Gasteiger partial charge in [0.05, 0.1) is 11.7 Å². The second-order valence-electron chi connectivity index (χ2n) is 15.1. The topological polar surface area (TPSA) is 92.3 Å². The lowest BCUT2D eigenvalue weighted by Crippen LogP contribution is -2.70. The lowest BCUT2D eigenvalue weighted by atomic mass is 9.42. The second-order valence-corrected chi connectivity index (χ2v) is 15.1. The Morgan fingerprint density at radius 2 is 1.80 bits per heavy atom. The highest BCUT2D eigenvalue weighted by Gasteiger charge is 2.73. The number of fused-ring (bicyclic) bond motifs is 5. The standard InChI is InChI=1S/C33H55NO7/c1-7-37-22-39-33-18-17-32(21-35,34-28(36)41-29(2,3)4)31(33,6)16-14-25-26(33)12-11-23-20-24(13-15-30(23,25)5)40-27-10-8-9-19-38-27/h21,23-27H,7-20,22H2,1-6H3,(H,34,36)/t23-,24+,25+,26-,27?,30+,31-,32+,33+/m1/s1. The maximum atomic E-state index is 13.1. The second kappa shape index (κ2) is 11.7. The summed E-state index contributed by atoms with van der Waals surface area (Å²) >= 11 is 0. The third-order valence-corrected chi connectivity index (χ3v) is 12.0. The summed E-state index contributed by atoms with van der Waals surface area (Å²) in [7, 11) is 0. The van der Waals surface area contributed by atoms with Gasteiger partial charge in [-0.05, 0) is 128 Å². The van der Waals surface area contributed by atoms with Crippen molar-refractivity contribution in [3.8, 4) is 0 Å². The van der Waals surface area contributed by atoms with Crippen molar-refractivity contribution >= 4 is 12.4 Å². The van der Waals surface area contributed by atoms with Crippen LogP contribution in [0.1, 0.15) is 119 Å². The minimum Gasteiger partial charge on any atom is -0.444 e. The molecule has 41 heavy (non-hydrogen) atoms. The van der Waals surface area contributed by atoms with Gasteiger partial charge >= 0.3 is 6.09 Å². The Morgan fingerprint density at radius 3 is 2.49 bits per heavy atom. The molecule has 1 amide bonds. The van der Waals surface area contributed by atoms with Crippen LogP contribution in [0.15, 0.2) is 0 Å². The van der Waals surface area contributed by atoms with E-state index in [1.54, 1.807) is 0 Å². The summed E-state index contributed by atoms with van der Waals surface area (Å²) < 4.78 is 30.7. The Kier molecular flexibility index (Phi) is 8.91. The molecular formula is C33H55NO7. The molecule has 1 N–H and O–H groups in total. The van der Waals surface area contributed by atoms with Crippen LogP contribution in [0.4, 0.5) is 4.79 Å². The largest absolute Gasteiger partial charge is 0.444 e. The van der Waals surface area contributed by atoms with Crippen molar-refractivity contribution in [2.75, 3.05) is 20.0 Å². The van der Waals surface area contributed by atoms with Gasteiger partial charge in [-0.3, -0.25) is 0 Å². The molecule has 0 radical (unpaired) electrons. The molecule has 5 aliphatic rings. The molecule has 1 unspecified atom stereocenters. The van der Waals surface area contributed by atoms with E-state index in [0.29, 0.717) is 30.8 Å². The molecule has 0 aromatic carbocycles. The Hall–Kier alpha value is -1.22. The van der Waals surface area contributed by atoms with Gasteiger partial charge < -0.3 is 33.8 Å². The van der Waals surface area contributed by atoms with Crippen LogP contribution in [0.3, 0.4) is 0 Å². The van der Waals surface area contributed by atoms with Gasteiger partial charge in [0.15, 0.2) is 6.29 Å². The maximum Gasteiger partial charge on any atom is 0.408 e. The summed E-state index contributed by atoms with van der Waals surface area (Å²) in [5, 5.41) is 3.08. The van der Waals surface area contributed by atoms with Crippen LogP contribution in [-0.4, -0.2) is 61.5 Å². The summed E-state index contributed by atoms with van der Waals surface area (Å²) in [6.45, 7) is 13.8. The summed E-state index contributed by atoms with van der Waals surface area (Å²) in [4.78, 5) is 26.1. The molecule has 5 rings (SSSR count). The molecule has 1 aliphatic heterocycles. The van der Waals surface area contributed by atoms with Crippen molar-refractivity contribution in [2.24, 2.45) is 28.6 Å². The summed E-state index contributed by atoms with van der Waals surface area (Å²) in [5.74, 6) is 1.40. The predicted octanol–water partition coefficient (Wildman–Crippen LogP) is 6.54. The van der Waals surface area contributed by atoms with Gasteiger partial charge in [-0.15, -0.1) is 0 Å². The van der Waals surface area contributed by atoms with Crippen molar-refractivity contribution in [2.45, 2.75) is 148 Å². The minimum absolute atomic E-state index is 0.0347. The molecule has 5 fully saturated rings. The smallest absolute Gasteiger partial charge is 0.408 e. The number of hydrogen-bond donors (Lipinski definition) is 1. The Morgan fingerprint density at radius 1 is 1.00 bits per heavy atom. The van der Waals surface area contributed by atoms with Crippen molar-refractivity contribution in [3.05, 3.63) is 0 Å². The van der Waals surface area contributed by atoms with Gasteiger partial charge in [-0.25, -0.2) is 4.79 Å². The molecule has 1 heterocycles. The first kappa shape index (κ1) is 31.2. The van der Waals surface area contributed by atoms with Gasteiger partial charge in [-0.1, -0.05) is 13.8 Å². The lowest BCUT2D eigenvalue weighted by Gasteiger charge is -2.65. The SMILES string of the molecule is CCOCO[C@]12CC[C@@](C=O)(NC(=O)OC(C)(C)C)[C@@]1(C)CC[C@H]1[C@H]2CC[C@@H]2C[C@@H](OC3CCCCO3)CC[C@@]21C. The fraction of sp³-hybridized carbons (Fsp3) is 0.939. The van der Waals surface area contributed by atoms with Crippen molar-refractivity contribution in [3.63, 3.8) is 0 Å². The molecule has 1 saturated heterocycles. The number of carbonyl (C=O) groups is 2. The Balaban J connectivity index is 1.39. The highest BCUT2D eigenvalue weighted by molar-refractivity contribution is 5.78. The third-order valence-electron chi connectivity index (χ3n) is 12.0. The van der Waals surface area contributed by atoms with E-state index >= 15 is 0 Å². The minimum atomic E-state index is -1.05. The van der Waals surface area contributed by atoms with Crippen molar-refractivity contribution in [1.82, 2.24) is 5.32 Å². The fourth-order valence-electron chi connectivity index (χ4n) is 9.86. The van der Waals surface area contributed by atoms with Gasteiger partial charge in [0.1, 0.15) is 24.2 Å². The van der Waals surface area contributed by atoms with Gasteiger partial charge in [0.25, 0.3) is 0 Å². The number of hydrogen-bond acceptors (Lipinski definition) is 7. The first-order chi connectivity index (χ1) is 19.4. The van der Waals surface area contributed by atoms with E-state index in [2.05, 4.69) is 19.2 Å². The number of ether oxygens (including phenoxy) is 5. The first-order valence-corrected chi connectivity index (χ1v) is 16.4. The molecule has 0 aromatic rings. The Labute approximate surface area is 247 Å². The zero-order chi connectivity index (χ0) is 29.5. The summed E-state index contributed by atoms with van der Waals surface area (Å²) in [5.41, 5.74) is -2.62. The fourth-order valence-corrected chi connectivity index (χ4v) is 9.86. The van der Waals surface area contributed by atoms with E-state index < -0.39 is 28.2 Å². The van der Waals surface area contributed by atoms with Crippen LogP contribution in [0.5, 0.6) is 0 Å². The average Bonchev–Trinajstić information content (AvgIpc) is 3.17. The van der Waals surface area contributed by atoms with Gasteiger partial charge in [0, 0.05) is 18.6 Å². The monoisotopic (exact) mass is 577 g/mol. The highest BCUT2D eigenvalue weighted by atomic mass is 16.7. The molecule has 4 aliphatic carbocycles. The molecule has 8 nitrogen and oxygen atoms in total. The maximum absolute atomic E-state index is 13.1. The van der Waals surface area contributed by atoms with Crippen molar-refractivity contribution in [1.29, 1.82) is 0 Å². The number of alkyl carbamates (subject to hydrolysis) is 1. The van der Waals surface area contributed by atoms with Crippen LogP contribution in [0, 0.1) is 28.6 Å². The van der Waals surface area contributed by atoms with Crippen molar-refractivity contribution < 1.29 is 33.3 Å². The molecule has 234 valence electrons. The number of aldehydes is 1. The van der Waals surface area contributed by atoms with E-state index in [4.69, 9.17) is 23.7 Å². The molecular weight excluding hydrogens is 522 g/mol. The summed E-state index contributed by atoms with van der Waals surface area (Å²) in [6, 6.07) is 0. The quantitative estimate of drug-likeness (QED) is 0.152.